The highest BCUT2D eigenvalue weighted by Gasteiger charge is 2.40. The van der Waals surface area contributed by atoms with Crippen LogP contribution in [0.15, 0.2) is 48.5 Å². The molecule has 0 spiro atoms. The Bertz CT molecular complexity index is 1020. The number of unbranched alkanes of at least 4 members (excludes halogenated alkanes) is 1. The maximum atomic E-state index is 12.2. The number of hydrogen-bond acceptors (Lipinski definition) is 5. The van der Waals surface area contributed by atoms with Crippen molar-refractivity contribution < 1.29 is 29.0 Å². The van der Waals surface area contributed by atoms with Crippen molar-refractivity contribution >= 4 is 18.0 Å². The Hall–Kier alpha value is -3.39. The molecule has 1 unspecified atom stereocenters. The lowest BCUT2D eigenvalue weighted by Gasteiger charge is -2.33. The van der Waals surface area contributed by atoms with Crippen LogP contribution in [0.5, 0.6) is 0 Å². The summed E-state index contributed by atoms with van der Waals surface area (Å²) < 4.78 is 10.8. The molecule has 2 aromatic carbocycles. The van der Waals surface area contributed by atoms with E-state index in [1.54, 1.807) is 0 Å². The van der Waals surface area contributed by atoms with Gasteiger partial charge in [-0.05, 0) is 47.9 Å². The Kier molecular flexibility index (Phi) is 8.02. The van der Waals surface area contributed by atoms with E-state index in [9.17, 15) is 19.5 Å². The fourth-order valence-corrected chi connectivity index (χ4v) is 4.84. The molecule has 1 saturated heterocycles. The molecule has 0 bridgehead atoms. The Morgan fingerprint density at radius 3 is 2.31 bits per heavy atom. The Balaban J connectivity index is 1.14. The maximum absolute atomic E-state index is 12.2. The highest BCUT2D eigenvalue weighted by atomic mass is 16.5. The molecule has 186 valence electrons. The van der Waals surface area contributed by atoms with Gasteiger partial charge in [-0.2, -0.15) is 0 Å². The summed E-state index contributed by atoms with van der Waals surface area (Å²) >= 11 is 0. The second-order valence-electron chi connectivity index (χ2n) is 9.23. The van der Waals surface area contributed by atoms with Crippen molar-refractivity contribution in [3.8, 4) is 11.1 Å². The van der Waals surface area contributed by atoms with Gasteiger partial charge in [0.2, 0.25) is 5.91 Å². The number of carbonyl (C=O) groups is 3. The van der Waals surface area contributed by atoms with Crippen molar-refractivity contribution in [2.75, 3.05) is 32.9 Å². The van der Waals surface area contributed by atoms with Gasteiger partial charge in [-0.1, -0.05) is 48.5 Å². The van der Waals surface area contributed by atoms with Gasteiger partial charge < -0.3 is 25.2 Å². The third-order valence-electron chi connectivity index (χ3n) is 6.84. The minimum atomic E-state index is -1.04. The zero-order valence-corrected chi connectivity index (χ0v) is 19.8. The van der Waals surface area contributed by atoms with Gasteiger partial charge in [0.05, 0.1) is 6.61 Å². The quantitative estimate of drug-likeness (QED) is 0.447. The molecule has 1 heterocycles. The number of benzene rings is 2. The minimum absolute atomic E-state index is 0.0144. The van der Waals surface area contributed by atoms with Crippen molar-refractivity contribution in [1.29, 1.82) is 0 Å². The van der Waals surface area contributed by atoms with Crippen LogP contribution in [0.4, 0.5) is 4.79 Å². The van der Waals surface area contributed by atoms with Crippen LogP contribution in [-0.2, 0) is 19.1 Å². The van der Waals surface area contributed by atoms with E-state index in [4.69, 9.17) is 9.47 Å². The smallest absolute Gasteiger partial charge is 0.407 e. The number of amides is 2. The van der Waals surface area contributed by atoms with Gasteiger partial charge in [-0.15, -0.1) is 0 Å². The van der Waals surface area contributed by atoms with Crippen LogP contribution in [-0.4, -0.2) is 56.0 Å². The van der Waals surface area contributed by atoms with Crippen molar-refractivity contribution in [3.63, 3.8) is 0 Å². The monoisotopic (exact) mass is 480 g/mol. The normalized spacial score (nSPS) is 18.9. The van der Waals surface area contributed by atoms with Crippen LogP contribution >= 0.6 is 0 Å². The molecule has 1 fully saturated rings. The largest absolute Gasteiger partial charge is 0.481 e. The van der Waals surface area contributed by atoms with Crippen molar-refractivity contribution in [2.24, 2.45) is 5.41 Å². The summed E-state index contributed by atoms with van der Waals surface area (Å²) in [5.41, 5.74) is 3.65. The third-order valence-corrected chi connectivity index (χ3v) is 6.84. The summed E-state index contributed by atoms with van der Waals surface area (Å²) in [6.07, 6.45) is 2.15. The van der Waals surface area contributed by atoms with Crippen molar-refractivity contribution in [2.45, 2.75) is 38.0 Å². The highest BCUT2D eigenvalue weighted by molar-refractivity contribution is 5.80. The standard InChI is InChI=1S/C27H32N2O6/c30-24(29-17-27(25(31)32)13-7-15-34-18-27)12-5-6-14-28-26(33)35-16-23-21-10-3-1-8-19(21)20-9-2-4-11-22(20)23/h1-4,8-11,23H,5-7,12-18H2,(H,28,33)(H,29,30)(H,31,32). The molecule has 8 heteroatoms. The van der Waals surface area contributed by atoms with Crippen LogP contribution in [0.2, 0.25) is 0 Å². The van der Waals surface area contributed by atoms with E-state index >= 15 is 0 Å². The van der Waals surface area contributed by atoms with Crippen LogP contribution in [0, 0.1) is 5.41 Å². The average Bonchev–Trinajstić information content (AvgIpc) is 3.20. The van der Waals surface area contributed by atoms with E-state index in [0.29, 0.717) is 38.8 Å². The van der Waals surface area contributed by atoms with Gasteiger partial charge >= 0.3 is 12.1 Å². The van der Waals surface area contributed by atoms with Crippen LogP contribution < -0.4 is 10.6 Å². The summed E-state index contributed by atoms with van der Waals surface area (Å²) in [6, 6.07) is 16.4. The van der Waals surface area contributed by atoms with E-state index in [0.717, 1.165) is 11.1 Å². The molecule has 0 aromatic heterocycles. The molecule has 0 saturated carbocycles. The molecule has 2 aliphatic rings. The number of ether oxygens (including phenoxy) is 2. The first-order valence-corrected chi connectivity index (χ1v) is 12.2. The lowest BCUT2D eigenvalue weighted by atomic mass is 9.82. The SMILES string of the molecule is O=C(CCCCNC(=O)OCC1c2ccccc2-c2ccccc21)NCC1(C(=O)O)CCCOC1. The fourth-order valence-electron chi connectivity index (χ4n) is 4.84. The summed E-state index contributed by atoms with van der Waals surface area (Å²) in [5, 5.41) is 15.0. The second-order valence-corrected chi connectivity index (χ2v) is 9.23. The van der Waals surface area contributed by atoms with E-state index < -0.39 is 17.5 Å². The van der Waals surface area contributed by atoms with Gasteiger partial charge in [-0.3, -0.25) is 9.59 Å². The van der Waals surface area contributed by atoms with Crippen molar-refractivity contribution in [3.05, 3.63) is 59.7 Å². The Labute approximate surface area is 205 Å². The third kappa shape index (κ3) is 5.82. The van der Waals surface area contributed by atoms with Gasteiger partial charge in [0, 0.05) is 32.0 Å². The molecule has 0 radical (unpaired) electrons. The van der Waals surface area contributed by atoms with Crippen LogP contribution in [0.3, 0.4) is 0 Å². The van der Waals surface area contributed by atoms with Crippen molar-refractivity contribution in [1.82, 2.24) is 10.6 Å². The molecular formula is C27H32N2O6. The Morgan fingerprint density at radius 1 is 1.00 bits per heavy atom. The number of carboxylic acids is 1. The molecule has 8 nitrogen and oxygen atoms in total. The molecule has 1 atom stereocenters. The number of aliphatic carboxylic acids is 1. The van der Waals surface area contributed by atoms with Gasteiger partial charge in [0.25, 0.3) is 0 Å². The zero-order chi connectivity index (χ0) is 24.7. The zero-order valence-electron chi connectivity index (χ0n) is 19.8. The molecular weight excluding hydrogens is 448 g/mol. The molecule has 1 aliphatic heterocycles. The topological polar surface area (TPSA) is 114 Å². The number of fused-ring (bicyclic) bond motifs is 3. The van der Waals surface area contributed by atoms with E-state index in [1.807, 2.05) is 24.3 Å². The first kappa shape index (κ1) is 24.7. The van der Waals surface area contributed by atoms with Crippen LogP contribution in [0.25, 0.3) is 11.1 Å². The number of carboxylic acid groups (broad SMARTS) is 1. The fraction of sp³-hybridized carbons (Fsp3) is 0.444. The maximum Gasteiger partial charge on any atom is 0.407 e. The predicted molar refractivity (Wildman–Crippen MR) is 130 cm³/mol. The van der Waals surface area contributed by atoms with E-state index in [1.165, 1.54) is 11.1 Å². The summed E-state index contributed by atoms with van der Waals surface area (Å²) in [5.74, 6) is -1.12. The molecule has 1 aliphatic carbocycles. The average molecular weight is 481 g/mol. The second kappa shape index (κ2) is 11.4. The minimum Gasteiger partial charge on any atom is -0.481 e. The summed E-state index contributed by atoms with van der Waals surface area (Å²) in [4.78, 5) is 36.0. The summed E-state index contributed by atoms with van der Waals surface area (Å²) in [6.45, 7) is 1.40. The van der Waals surface area contributed by atoms with E-state index in [2.05, 4.69) is 34.9 Å². The van der Waals surface area contributed by atoms with Gasteiger partial charge in [0.1, 0.15) is 12.0 Å². The molecule has 2 aromatic rings. The molecule has 3 N–H and O–H groups in total. The molecule has 2 amide bonds. The van der Waals surface area contributed by atoms with Gasteiger partial charge in [0.15, 0.2) is 0 Å². The highest BCUT2D eigenvalue weighted by Crippen LogP contribution is 2.44. The number of hydrogen-bond donors (Lipinski definition) is 3. The number of carbonyl (C=O) groups excluding carboxylic acids is 2. The van der Waals surface area contributed by atoms with E-state index in [-0.39, 0.29) is 38.0 Å². The number of alkyl carbamates (subject to hydrolysis) is 1. The van der Waals surface area contributed by atoms with Gasteiger partial charge in [-0.25, -0.2) is 4.79 Å². The first-order chi connectivity index (χ1) is 17.0. The number of rotatable bonds is 10. The predicted octanol–water partition coefficient (Wildman–Crippen LogP) is 3.69. The Morgan fingerprint density at radius 2 is 1.69 bits per heavy atom. The molecule has 35 heavy (non-hydrogen) atoms. The number of nitrogens with one attached hydrogen (secondary N) is 2. The lowest BCUT2D eigenvalue weighted by Crippen LogP contribution is -2.48. The van der Waals surface area contributed by atoms with Crippen LogP contribution in [0.1, 0.15) is 49.1 Å². The lowest BCUT2D eigenvalue weighted by molar-refractivity contribution is -0.157. The first-order valence-electron chi connectivity index (χ1n) is 12.2. The summed E-state index contributed by atoms with van der Waals surface area (Å²) in [7, 11) is 0. The molecule has 4 rings (SSSR count).